The van der Waals surface area contributed by atoms with Crippen LogP contribution in [0, 0.1) is 0 Å². The van der Waals surface area contributed by atoms with E-state index >= 15 is 0 Å². The summed E-state index contributed by atoms with van der Waals surface area (Å²) < 4.78 is 31.5. The molecule has 5 heteroatoms. The van der Waals surface area contributed by atoms with Gasteiger partial charge in [0.2, 0.25) is 0 Å². The van der Waals surface area contributed by atoms with Gasteiger partial charge in [0.25, 0.3) is 10.1 Å². The van der Waals surface area contributed by atoms with Gasteiger partial charge in [-0.05, 0) is 18.4 Å². The Labute approximate surface area is 106 Å². The summed E-state index contributed by atoms with van der Waals surface area (Å²) in [6, 6.07) is 10.0. The maximum atomic E-state index is 11.2. The third kappa shape index (κ3) is 3.24. The molecule has 2 rings (SSSR count). The summed E-state index contributed by atoms with van der Waals surface area (Å²) in [5.41, 5.74) is 1.22. The molecule has 17 heavy (non-hydrogen) atoms. The molecular weight excluding hydrogens is 256 g/mol. The third-order valence-electron chi connectivity index (χ3n) is 3.11. The highest BCUT2D eigenvalue weighted by Gasteiger charge is 2.39. The van der Waals surface area contributed by atoms with E-state index < -0.39 is 15.4 Å². The molecule has 0 spiro atoms. The number of thioether (sulfide) groups is 1. The maximum absolute atomic E-state index is 11.2. The van der Waals surface area contributed by atoms with E-state index in [1.54, 1.807) is 11.8 Å². The van der Waals surface area contributed by atoms with Crippen molar-refractivity contribution in [1.82, 2.24) is 0 Å². The zero-order chi connectivity index (χ0) is 12.5. The van der Waals surface area contributed by atoms with E-state index in [1.165, 1.54) is 5.56 Å². The molecule has 1 aromatic carbocycles. The fourth-order valence-electron chi connectivity index (χ4n) is 2.27. The molecule has 1 N–H and O–H groups in total. The topological polar surface area (TPSA) is 54.4 Å². The maximum Gasteiger partial charge on any atom is 0.268 e. The van der Waals surface area contributed by atoms with E-state index in [1.807, 2.05) is 37.3 Å². The van der Waals surface area contributed by atoms with Gasteiger partial charge < -0.3 is 0 Å². The van der Waals surface area contributed by atoms with Crippen LogP contribution in [0.2, 0.25) is 0 Å². The minimum atomic E-state index is -3.90. The molecule has 0 radical (unpaired) electrons. The van der Waals surface area contributed by atoms with E-state index in [2.05, 4.69) is 0 Å². The number of hydrogen-bond donors (Lipinski definition) is 1. The van der Waals surface area contributed by atoms with Crippen LogP contribution in [0.25, 0.3) is 0 Å². The molecule has 1 aromatic rings. The summed E-state index contributed by atoms with van der Waals surface area (Å²) >= 11 is 1.66. The van der Waals surface area contributed by atoms with E-state index in [0.717, 1.165) is 6.42 Å². The molecule has 1 heterocycles. The smallest absolute Gasteiger partial charge is 0.268 e. The van der Waals surface area contributed by atoms with Gasteiger partial charge in [0, 0.05) is 10.5 Å². The molecule has 3 nitrogen and oxygen atoms in total. The Kier molecular flexibility index (Phi) is 3.80. The first-order valence-corrected chi connectivity index (χ1v) is 8.07. The monoisotopic (exact) mass is 272 g/mol. The molecular formula is C12H16O3S2. The minimum absolute atomic E-state index is 0.0290. The summed E-state index contributed by atoms with van der Waals surface area (Å²) in [5, 5.41) is -0.362. The van der Waals surface area contributed by atoms with Crippen LogP contribution < -0.4 is 0 Å². The van der Waals surface area contributed by atoms with Gasteiger partial charge in [0.1, 0.15) is 0 Å². The van der Waals surface area contributed by atoms with Gasteiger partial charge in [0.15, 0.2) is 0 Å². The molecule has 0 bridgehead atoms. The van der Waals surface area contributed by atoms with Crippen molar-refractivity contribution in [3.8, 4) is 0 Å². The highest BCUT2D eigenvalue weighted by molar-refractivity contribution is 8.02. The van der Waals surface area contributed by atoms with Crippen LogP contribution in [-0.4, -0.2) is 28.7 Å². The van der Waals surface area contributed by atoms with Crippen molar-refractivity contribution in [2.75, 3.05) is 0 Å². The lowest BCUT2D eigenvalue weighted by Gasteiger charge is -2.09. The second-order valence-electron chi connectivity index (χ2n) is 4.44. The molecule has 3 atom stereocenters. The number of rotatable bonds is 3. The summed E-state index contributed by atoms with van der Waals surface area (Å²) in [6.45, 7) is 1.87. The summed E-state index contributed by atoms with van der Waals surface area (Å²) in [6.07, 6.45) is 1.40. The van der Waals surface area contributed by atoms with Crippen LogP contribution in [0.3, 0.4) is 0 Å². The van der Waals surface area contributed by atoms with Gasteiger partial charge in [-0.3, -0.25) is 4.55 Å². The van der Waals surface area contributed by atoms with Gasteiger partial charge in [0.05, 0.1) is 5.25 Å². The number of benzene rings is 1. The van der Waals surface area contributed by atoms with Crippen molar-refractivity contribution >= 4 is 21.9 Å². The lowest BCUT2D eigenvalue weighted by Crippen LogP contribution is -2.25. The molecule has 0 amide bonds. The highest BCUT2D eigenvalue weighted by atomic mass is 32.2. The van der Waals surface area contributed by atoms with E-state index in [4.69, 9.17) is 4.55 Å². The summed E-state index contributed by atoms with van der Waals surface area (Å²) in [7, 11) is -3.90. The lowest BCUT2D eigenvalue weighted by atomic mass is 10.1. The van der Waals surface area contributed by atoms with Crippen molar-refractivity contribution in [1.29, 1.82) is 0 Å². The van der Waals surface area contributed by atoms with Gasteiger partial charge in [-0.2, -0.15) is 20.2 Å². The van der Waals surface area contributed by atoms with Gasteiger partial charge >= 0.3 is 0 Å². The molecule has 3 unspecified atom stereocenters. The Balaban J connectivity index is 2.03. The van der Waals surface area contributed by atoms with Crippen molar-refractivity contribution in [3.05, 3.63) is 35.9 Å². The van der Waals surface area contributed by atoms with Crippen LogP contribution in [0.15, 0.2) is 30.3 Å². The van der Waals surface area contributed by atoms with Crippen molar-refractivity contribution in [2.24, 2.45) is 0 Å². The van der Waals surface area contributed by atoms with E-state index in [0.29, 0.717) is 6.42 Å². The predicted molar refractivity (Wildman–Crippen MR) is 70.9 cm³/mol. The summed E-state index contributed by atoms with van der Waals surface area (Å²) in [5.74, 6) is 0. The zero-order valence-electron chi connectivity index (χ0n) is 9.61. The number of hydrogen-bond acceptors (Lipinski definition) is 3. The van der Waals surface area contributed by atoms with Gasteiger partial charge in [-0.1, -0.05) is 37.3 Å². The van der Waals surface area contributed by atoms with Gasteiger partial charge in [-0.25, -0.2) is 0 Å². The first kappa shape index (κ1) is 12.9. The Morgan fingerprint density at radius 1 is 1.35 bits per heavy atom. The Morgan fingerprint density at radius 2 is 2.00 bits per heavy atom. The quantitative estimate of drug-likeness (QED) is 0.858. The van der Waals surface area contributed by atoms with E-state index in [9.17, 15) is 8.42 Å². The first-order chi connectivity index (χ1) is 7.97. The Morgan fingerprint density at radius 3 is 2.53 bits per heavy atom. The average Bonchev–Trinajstić information content (AvgIpc) is 2.60. The largest absolute Gasteiger partial charge is 0.285 e. The highest BCUT2D eigenvalue weighted by Crippen LogP contribution is 2.38. The second-order valence-corrected chi connectivity index (χ2v) is 7.76. The Hall–Kier alpha value is -0.520. The second kappa shape index (κ2) is 5.00. The van der Waals surface area contributed by atoms with Crippen LogP contribution in [-0.2, 0) is 16.5 Å². The molecule has 0 aromatic heterocycles. The van der Waals surface area contributed by atoms with Crippen molar-refractivity contribution < 1.29 is 13.0 Å². The van der Waals surface area contributed by atoms with Crippen LogP contribution in [0.4, 0.5) is 0 Å². The normalized spacial score (nSPS) is 29.4. The van der Waals surface area contributed by atoms with Crippen LogP contribution >= 0.6 is 11.8 Å². The molecule has 1 aliphatic heterocycles. The first-order valence-electron chi connectivity index (χ1n) is 5.62. The van der Waals surface area contributed by atoms with Crippen LogP contribution in [0.5, 0.6) is 0 Å². The minimum Gasteiger partial charge on any atom is -0.285 e. The lowest BCUT2D eigenvalue weighted by molar-refractivity contribution is 0.463. The standard InChI is InChI=1S/C12H16O3S2/c1-9-12(17(13,14)15)8-11(16-9)7-10-5-3-2-4-6-10/h2-6,9,11-12H,7-8H2,1H3,(H,13,14,15). The predicted octanol–water partition coefficient (Wildman–Crippen LogP) is 2.38. The molecule has 1 saturated heterocycles. The van der Waals surface area contributed by atoms with Crippen molar-refractivity contribution in [2.45, 2.75) is 35.5 Å². The Bertz CT molecular complexity index is 470. The van der Waals surface area contributed by atoms with Crippen LogP contribution in [0.1, 0.15) is 18.9 Å². The fraction of sp³-hybridized carbons (Fsp3) is 0.500. The zero-order valence-corrected chi connectivity index (χ0v) is 11.2. The van der Waals surface area contributed by atoms with Crippen molar-refractivity contribution in [3.63, 3.8) is 0 Å². The summed E-state index contributed by atoms with van der Waals surface area (Å²) in [4.78, 5) is 0. The molecule has 94 valence electrons. The SMILES string of the molecule is CC1SC(Cc2ccccc2)CC1S(=O)(=O)O. The molecule has 1 aliphatic rings. The fourth-order valence-corrected chi connectivity index (χ4v) is 5.47. The van der Waals surface area contributed by atoms with Gasteiger partial charge in [-0.15, -0.1) is 0 Å². The molecule has 0 saturated carbocycles. The third-order valence-corrected chi connectivity index (χ3v) is 6.15. The van der Waals surface area contributed by atoms with E-state index in [-0.39, 0.29) is 10.5 Å². The molecule has 1 fully saturated rings. The average molecular weight is 272 g/mol. The molecule has 0 aliphatic carbocycles.